The summed E-state index contributed by atoms with van der Waals surface area (Å²) in [6, 6.07) is 12.8. The smallest absolute Gasteiger partial charge is 0.261 e. The van der Waals surface area contributed by atoms with Crippen LogP contribution >= 0.6 is 22.9 Å². The number of carbonyl (C=O) groups excluding carboxylic acids is 1. The minimum absolute atomic E-state index is 0.0975. The topological polar surface area (TPSA) is 49.3 Å². The largest absolute Gasteiger partial charge is 0.394 e. The lowest BCUT2D eigenvalue weighted by molar-refractivity contribution is 0.0920. The lowest BCUT2D eigenvalue weighted by Gasteiger charge is -2.15. The van der Waals surface area contributed by atoms with E-state index in [9.17, 15) is 9.90 Å². The maximum atomic E-state index is 11.9. The van der Waals surface area contributed by atoms with Crippen LogP contribution in [0.25, 0.3) is 0 Å². The van der Waals surface area contributed by atoms with Crippen LogP contribution in [0.5, 0.6) is 0 Å². The normalized spacial score (nSPS) is 12.1. The van der Waals surface area contributed by atoms with Crippen LogP contribution in [0.4, 0.5) is 0 Å². The molecule has 19 heavy (non-hydrogen) atoms. The zero-order valence-electron chi connectivity index (χ0n) is 10.2. The van der Waals surface area contributed by atoms with E-state index in [-0.39, 0.29) is 18.6 Å². The van der Waals surface area contributed by atoms with Gasteiger partial charge in [-0.1, -0.05) is 41.9 Å². The van der Waals surface area contributed by atoms with Gasteiger partial charge in [-0.25, -0.2) is 0 Å². The van der Waals surface area contributed by atoms with Crippen molar-refractivity contribution in [3.8, 4) is 0 Å². The van der Waals surface area contributed by atoms with Gasteiger partial charge in [0.15, 0.2) is 0 Å². The SMILES string of the molecule is O=C(NC(CO)Cc1ccccc1)c1ccc(Cl)s1. The summed E-state index contributed by atoms with van der Waals surface area (Å²) in [5.41, 5.74) is 1.08. The summed E-state index contributed by atoms with van der Waals surface area (Å²) >= 11 is 7.02. The highest BCUT2D eigenvalue weighted by molar-refractivity contribution is 7.17. The Bertz CT molecular complexity index is 541. The highest BCUT2D eigenvalue weighted by atomic mass is 35.5. The third kappa shape index (κ3) is 4.06. The molecule has 0 fully saturated rings. The van der Waals surface area contributed by atoms with Gasteiger partial charge in [0.2, 0.25) is 0 Å². The molecular formula is C14H14ClNO2S. The number of aliphatic hydroxyl groups excluding tert-OH is 1. The Morgan fingerprint density at radius 2 is 2.00 bits per heavy atom. The molecular weight excluding hydrogens is 282 g/mol. The van der Waals surface area contributed by atoms with Crippen LogP contribution < -0.4 is 5.32 Å². The predicted molar refractivity (Wildman–Crippen MR) is 77.8 cm³/mol. The lowest BCUT2D eigenvalue weighted by atomic mass is 10.1. The zero-order chi connectivity index (χ0) is 13.7. The third-order valence-electron chi connectivity index (χ3n) is 2.68. The Kier molecular flexibility index (Phi) is 4.96. The zero-order valence-corrected chi connectivity index (χ0v) is 11.7. The van der Waals surface area contributed by atoms with E-state index in [1.54, 1.807) is 12.1 Å². The molecule has 0 saturated heterocycles. The van der Waals surface area contributed by atoms with Gasteiger partial charge in [0.1, 0.15) is 0 Å². The van der Waals surface area contributed by atoms with Gasteiger partial charge in [-0.3, -0.25) is 4.79 Å². The fraction of sp³-hybridized carbons (Fsp3) is 0.214. The van der Waals surface area contributed by atoms with Crippen molar-refractivity contribution in [2.24, 2.45) is 0 Å². The van der Waals surface area contributed by atoms with Crippen molar-refractivity contribution in [3.05, 3.63) is 57.2 Å². The van der Waals surface area contributed by atoms with Crippen LogP contribution in [-0.2, 0) is 6.42 Å². The fourth-order valence-electron chi connectivity index (χ4n) is 1.75. The Morgan fingerprint density at radius 1 is 1.26 bits per heavy atom. The minimum Gasteiger partial charge on any atom is -0.394 e. The molecule has 1 unspecified atom stereocenters. The van der Waals surface area contributed by atoms with Crippen LogP contribution in [-0.4, -0.2) is 23.7 Å². The molecule has 2 N–H and O–H groups in total. The molecule has 5 heteroatoms. The van der Waals surface area contributed by atoms with E-state index in [4.69, 9.17) is 11.6 Å². The quantitative estimate of drug-likeness (QED) is 0.891. The van der Waals surface area contributed by atoms with E-state index in [0.717, 1.165) is 5.56 Å². The van der Waals surface area contributed by atoms with Gasteiger partial charge in [0.05, 0.1) is 21.9 Å². The Hall–Kier alpha value is -1.36. The predicted octanol–water partition coefficient (Wildman–Crippen LogP) is 2.73. The monoisotopic (exact) mass is 295 g/mol. The second-order valence-electron chi connectivity index (χ2n) is 4.15. The van der Waals surface area contributed by atoms with Crippen LogP contribution in [0.1, 0.15) is 15.2 Å². The van der Waals surface area contributed by atoms with Crippen LogP contribution in [0.3, 0.4) is 0 Å². The van der Waals surface area contributed by atoms with Gasteiger partial charge in [0.25, 0.3) is 5.91 Å². The highest BCUT2D eigenvalue weighted by Crippen LogP contribution is 2.21. The maximum absolute atomic E-state index is 11.9. The molecule has 1 aromatic carbocycles. The number of benzene rings is 1. The summed E-state index contributed by atoms with van der Waals surface area (Å²) in [5.74, 6) is -0.202. The molecule has 1 aromatic heterocycles. The van der Waals surface area contributed by atoms with E-state index in [2.05, 4.69) is 5.32 Å². The first-order valence-electron chi connectivity index (χ1n) is 5.90. The van der Waals surface area contributed by atoms with E-state index < -0.39 is 0 Å². The van der Waals surface area contributed by atoms with Crippen molar-refractivity contribution in [2.75, 3.05) is 6.61 Å². The first kappa shape index (κ1) is 14.1. The summed E-state index contributed by atoms with van der Waals surface area (Å²) in [7, 11) is 0. The summed E-state index contributed by atoms with van der Waals surface area (Å²) in [4.78, 5) is 12.5. The maximum Gasteiger partial charge on any atom is 0.261 e. The molecule has 100 valence electrons. The number of hydrogen-bond acceptors (Lipinski definition) is 3. The van der Waals surface area contributed by atoms with Gasteiger partial charge in [0, 0.05) is 0 Å². The molecule has 0 radical (unpaired) electrons. The van der Waals surface area contributed by atoms with Crippen molar-refractivity contribution in [3.63, 3.8) is 0 Å². The van der Waals surface area contributed by atoms with Gasteiger partial charge in [-0.2, -0.15) is 0 Å². The number of hydrogen-bond donors (Lipinski definition) is 2. The van der Waals surface area contributed by atoms with E-state index in [1.807, 2.05) is 30.3 Å². The van der Waals surface area contributed by atoms with Crippen molar-refractivity contribution in [1.82, 2.24) is 5.32 Å². The number of rotatable bonds is 5. The van der Waals surface area contributed by atoms with Crippen LogP contribution in [0.15, 0.2) is 42.5 Å². The Balaban J connectivity index is 1.97. The van der Waals surface area contributed by atoms with Gasteiger partial charge < -0.3 is 10.4 Å². The molecule has 0 bridgehead atoms. The lowest BCUT2D eigenvalue weighted by Crippen LogP contribution is -2.38. The average molecular weight is 296 g/mol. The van der Waals surface area contributed by atoms with E-state index >= 15 is 0 Å². The number of thiophene rings is 1. The summed E-state index contributed by atoms with van der Waals surface area (Å²) in [6.07, 6.45) is 0.599. The number of aliphatic hydroxyl groups is 1. The Labute approximate surface area is 120 Å². The first-order valence-corrected chi connectivity index (χ1v) is 7.09. The summed E-state index contributed by atoms with van der Waals surface area (Å²) in [5, 5.41) is 12.2. The number of carbonyl (C=O) groups is 1. The summed E-state index contributed by atoms with van der Waals surface area (Å²) in [6.45, 7) is -0.0975. The molecule has 3 nitrogen and oxygen atoms in total. The minimum atomic E-state index is -0.296. The molecule has 2 aromatic rings. The molecule has 0 aliphatic heterocycles. The molecule has 2 rings (SSSR count). The molecule has 1 heterocycles. The van der Waals surface area contributed by atoms with Crippen molar-refractivity contribution in [1.29, 1.82) is 0 Å². The van der Waals surface area contributed by atoms with Gasteiger partial charge in [-0.05, 0) is 24.1 Å². The van der Waals surface area contributed by atoms with E-state index in [0.29, 0.717) is 15.6 Å². The number of nitrogens with one attached hydrogen (secondary N) is 1. The standard InChI is InChI=1S/C14H14ClNO2S/c15-13-7-6-12(19-13)14(18)16-11(9-17)8-10-4-2-1-3-5-10/h1-7,11,17H,8-9H2,(H,16,18). The van der Waals surface area contributed by atoms with Crippen molar-refractivity contribution in [2.45, 2.75) is 12.5 Å². The molecule has 0 aliphatic rings. The van der Waals surface area contributed by atoms with E-state index in [1.165, 1.54) is 11.3 Å². The highest BCUT2D eigenvalue weighted by Gasteiger charge is 2.15. The van der Waals surface area contributed by atoms with Crippen molar-refractivity contribution < 1.29 is 9.90 Å². The molecule has 0 spiro atoms. The van der Waals surface area contributed by atoms with Gasteiger partial charge >= 0.3 is 0 Å². The molecule has 0 aliphatic carbocycles. The van der Waals surface area contributed by atoms with Gasteiger partial charge in [-0.15, -0.1) is 11.3 Å². The Morgan fingerprint density at radius 3 is 2.58 bits per heavy atom. The first-order chi connectivity index (χ1) is 9.19. The third-order valence-corrected chi connectivity index (χ3v) is 3.91. The van der Waals surface area contributed by atoms with Crippen LogP contribution in [0.2, 0.25) is 4.34 Å². The molecule has 0 saturated carbocycles. The molecule has 1 atom stereocenters. The van der Waals surface area contributed by atoms with Crippen molar-refractivity contribution >= 4 is 28.8 Å². The summed E-state index contributed by atoms with van der Waals surface area (Å²) < 4.78 is 0.578. The number of amides is 1. The number of halogens is 1. The molecule has 1 amide bonds. The van der Waals surface area contributed by atoms with Crippen LogP contribution in [0, 0.1) is 0 Å². The average Bonchev–Trinajstić information content (AvgIpc) is 2.86. The second kappa shape index (κ2) is 6.70. The fourth-order valence-corrected chi connectivity index (χ4v) is 2.70. The second-order valence-corrected chi connectivity index (χ2v) is 5.86.